The molecule has 4 rings (SSSR count). The van der Waals surface area contributed by atoms with Crippen molar-refractivity contribution in [2.45, 2.75) is 26.4 Å². The lowest BCUT2D eigenvalue weighted by Crippen LogP contribution is -2.51. The lowest BCUT2D eigenvalue weighted by molar-refractivity contribution is 0.0140. The molecule has 0 bridgehead atoms. The second kappa shape index (κ2) is 12.4. The highest BCUT2D eigenvalue weighted by Gasteiger charge is 2.28. The molecule has 13 heteroatoms. The molecule has 2 fully saturated rings. The smallest absolute Gasteiger partial charge is 0.410 e. The summed E-state index contributed by atoms with van der Waals surface area (Å²) in [5.74, 6) is -0.0506. The quantitative estimate of drug-likeness (QED) is 0.563. The predicted octanol–water partition coefficient (Wildman–Crippen LogP) is 0.980. The highest BCUT2D eigenvalue weighted by atomic mass is 35.5. The molecule has 2 aromatic heterocycles. The van der Waals surface area contributed by atoms with Crippen LogP contribution in [0.3, 0.4) is 0 Å². The Hall–Kier alpha value is -3.12. The normalized spacial score (nSPS) is 16.1. The van der Waals surface area contributed by atoms with Gasteiger partial charge < -0.3 is 34.7 Å². The number of H-pyrrole nitrogens is 2. The number of hydrogen-bond donors (Lipinski definition) is 3. The van der Waals surface area contributed by atoms with Crippen molar-refractivity contribution >= 4 is 30.3 Å². The fourth-order valence-corrected chi connectivity index (χ4v) is 3.37. The van der Waals surface area contributed by atoms with E-state index in [9.17, 15) is 14.4 Å². The SMILES string of the molecule is CC(C)(C)OC(=O)N1CCN(C(=O)c2cnc[nH]2)CC1.Cl.O=C(c1cnc[nH]1)N1CCNCC1. The molecule has 0 spiro atoms. The van der Waals surface area contributed by atoms with Crippen LogP contribution in [0.4, 0.5) is 4.79 Å². The molecule has 2 aliphatic rings. The number of amides is 3. The average Bonchev–Trinajstić information content (AvgIpc) is 3.53. The number of halogens is 1. The molecule has 3 amide bonds. The molecule has 0 saturated carbocycles. The summed E-state index contributed by atoms with van der Waals surface area (Å²) in [6.45, 7) is 10.8. The molecule has 4 heterocycles. The van der Waals surface area contributed by atoms with Crippen molar-refractivity contribution in [3.63, 3.8) is 0 Å². The van der Waals surface area contributed by atoms with E-state index in [-0.39, 0.29) is 30.3 Å². The molecule has 0 unspecified atom stereocenters. The summed E-state index contributed by atoms with van der Waals surface area (Å²) in [7, 11) is 0. The Morgan fingerprint density at radius 3 is 1.65 bits per heavy atom. The maximum absolute atomic E-state index is 12.1. The molecule has 188 valence electrons. The van der Waals surface area contributed by atoms with Crippen molar-refractivity contribution in [1.29, 1.82) is 0 Å². The van der Waals surface area contributed by atoms with Crippen LogP contribution in [0.1, 0.15) is 41.7 Å². The number of nitrogens with zero attached hydrogens (tertiary/aromatic N) is 5. The van der Waals surface area contributed by atoms with Crippen molar-refractivity contribution in [1.82, 2.24) is 40.0 Å². The van der Waals surface area contributed by atoms with Crippen molar-refractivity contribution in [2.24, 2.45) is 0 Å². The van der Waals surface area contributed by atoms with E-state index < -0.39 is 5.60 Å². The second-order valence-electron chi connectivity index (χ2n) is 8.73. The van der Waals surface area contributed by atoms with Crippen LogP contribution in [0.25, 0.3) is 0 Å². The minimum Gasteiger partial charge on any atom is -0.444 e. The monoisotopic (exact) mass is 496 g/mol. The number of nitrogens with one attached hydrogen (secondary N) is 3. The van der Waals surface area contributed by atoms with E-state index >= 15 is 0 Å². The molecular formula is C21H33ClN8O4. The zero-order valence-electron chi connectivity index (χ0n) is 19.7. The van der Waals surface area contributed by atoms with Crippen LogP contribution in [-0.4, -0.2) is 111 Å². The van der Waals surface area contributed by atoms with Crippen LogP contribution in [0, 0.1) is 0 Å². The summed E-state index contributed by atoms with van der Waals surface area (Å²) in [4.78, 5) is 54.1. The number of aromatic amines is 2. The third-order valence-electron chi connectivity index (χ3n) is 5.08. The van der Waals surface area contributed by atoms with E-state index in [1.807, 2.05) is 25.7 Å². The van der Waals surface area contributed by atoms with Crippen LogP contribution in [0.15, 0.2) is 25.0 Å². The first kappa shape index (κ1) is 27.1. The molecule has 2 aliphatic heterocycles. The van der Waals surface area contributed by atoms with Crippen LogP contribution in [0.2, 0.25) is 0 Å². The van der Waals surface area contributed by atoms with E-state index in [4.69, 9.17) is 4.74 Å². The topological polar surface area (TPSA) is 140 Å². The summed E-state index contributed by atoms with van der Waals surface area (Å²) in [6.07, 6.45) is 5.73. The van der Waals surface area contributed by atoms with Gasteiger partial charge in [0.15, 0.2) is 0 Å². The fourth-order valence-electron chi connectivity index (χ4n) is 3.37. The predicted molar refractivity (Wildman–Crippen MR) is 127 cm³/mol. The highest BCUT2D eigenvalue weighted by molar-refractivity contribution is 5.92. The highest BCUT2D eigenvalue weighted by Crippen LogP contribution is 2.13. The molecule has 12 nitrogen and oxygen atoms in total. The van der Waals surface area contributed by atoms with Crippen molar-refractivity contribution in [3.05, 3.63) is 36.4 Å². The molecule has 0 radical (unpaired) electrons. The van der Waals surface area contributed by atoms with Gasteiger partial charge in [-0.1, -0.05) is 0 Å². The maximum Gasteiger partial charge on any atom is 0.410 e. The Kier molecular flexibility index (Phi) is 9.87. The number of aromatic nitrogens is 4. The van der Waals surface area contributed by atoms with Gasteiger partial charge in [-0.25, -0.2) is 14.8 Å². The van der Waals surface area contributed by atoms with Gasteiger partial charge in [0.1, 0.15) is 17.0 Å². The Labute approximate surface area is 204 Å². The Morgan fingerprint density at radius 2 is 1.24 bits per heavy atom. The lowest BCUT2D eigenvalue weighted by atomic mass is 10.2. The number of hydrogen-bond acceptors (Lipinski definition) is 7. The number of piperazine rings is 2. The van der Waals surface area contributed by atoms with Gasteiger partial charge in [-0.3, -0.25) is 9.59 Å². The van der Waals surface area contributed by atoms with Crippen LogP contribution < -0.4 is 5.32 Å². The summed E-state index contributed by atoms with van der Waals surface area (Å²) in [5, 5.41) is 3.20. The molecule has 0 atom stereocenters. The summed E-state index contributed by atoms with van der Waals surface area (Å²) >= 11 is 0. The third-order valence-corrected chi connectivity index (χ3v) is 5.08. The Balaban J connectivity index is 0.000000253. The van der Waals surface area contributed by atoms with Gasteiger partial charge in [0.05, 0.1) is 25.0 Å². The van der Waals surface area contributed by atoms with Gasteiger partial charge >= 0.3 is 6.09 Å². The van der Waals surface area contributed by atoms with Crippen LogP contribution in [0.5, 0.6) is 0 Å². The Bertz CT molecular complexity index is 900. The van der Waals surface area contributed by atoms with Gasteiger partial charge in [-0.05, 0) is 20.8 Å². The first-order valence-electron chi connectivity index (χ1n) is 11.0. The van der Waals surface area contributed by atoms with Crippen LogP contribution >= 0.6 is 12.4 Å². The summed E-state index contributed by atoms with van der Waals surface area (Å²) < 4.78 is 5.31. The van der Waals surface area contributed by atoms with E-state index in [2.05, 4.69) is 25.3 Å². The Morgan fingerprint density at radius 1 is 0.794 bits per heavy atom. The zero-order chi connectivity index (χ0) is 23.8. The number of carbonyl (C=O) groups is 3. The van der Waals surface area contributed by atoms with E-state index in [0.29, 0.717) is 37.6 Å². The molecule has 0 aliphatic carbocycles. The van der Waals surface area contributed by atoms with E-state index in [1.54, 1.807) is 16.0 Å². The number of ether oxygens (including phenoxy) is 1. The summed E-state index contributed by atoms with van der Waals surface area (Å²) in [6, 6.07) is 0. The molecule has 0 aromatic carbocycles. The van der Waals surface area contributed by atoms with Gasteiger partial charge in [0, 0.05) is 52.4 Å². The second-order valence-corrected chi connectivity index (χ2v) is 8.73. The first-order valence-corrected chi connectivity index (χ1v) is 11.0. The van der Waals surface area contributed by atoms with Crippen molar-refractivity contribution in [2.75, 3.05) is 52.4 Å². The van der Waals surface area contributed by atoms with E-state index in [0.717, 1.165) is 26.2 Å². The number of rotatable bonds is 2. The maximum atomic E-state index is 12.1. The molecular weight excluding hydrogens is 464 g/mol. The van der Waals surface area contributed by atoms with Crippen LogP contribution in [-0.2, 0) is 4.74 Å². The number of imidazole rings is 2. The molecule has 34 heavy (non-hydrogen) atoms. The fraction of sp³-hybridized carbons (Fsp3) is 0.571. The summed E-state index contributed by atoms with van der Waals surface area (Å²) in [5.41, 5.74) is 0.539. The minimum absolute atomic E-state index is 0. The van der Waals surface area contributed by atoms with Gasteiger partial charge in [0.25, 0.3) is 11.8 Å². The first-order chi connectivity index (χ1) is 15.7. The average molecular weight is 497 g/mol. The van der Waals surface area contributed by atoms with Gasteiger partial charge in [-0.15, -0.1) is 12.4 Å². The molecule has 3 N–H and O–H groups in total. The minimum atomic E-state index is -0.500. The third kappa shape index (κ3) is 7.73. The lowest BCUT2D eigenvalue weighted by Gasteiger charge is -2.35. The molecule has 2 saturated heterocycles. The molecule has 2 aromatic rings. The van der Waals surface area contributed by atoms with Gasteiger partial charge in [0.2, 0.25) is 0 Å². The van der Waals surface area contributed by atoms with Gasteiger partial charge in [-0.2, -0.15) is 0 Å². The number of carbonyl (C=O) groups excluding carboxylic acids is 3. The standard InChI is InChI=1S/C13H20N4O3.C8H12N4O.ClH/c1-13(2,3)20-12(19)17-6-4-16(5-7-17)11(18)10-8-14-9-15-10;13-8(7-5-10-6-11-7)12-3-1-9-2-4-12;/h8-9H,4-7H2,1-3H3,(H,14,15);5-6,9H,1-4H2,(H,10,11);1H. The van der Waals surface area contributed by atoms with Crippen molar-refractivity contribution in [3.8, 4) is 0 Å². The van der Waals surface area contributed by atoms with Crippen molar-refractivity contribution < 1.29 is 19.1 Å². The zero-order valence-corrected chi connectivity index (χ0v) is 20.6. The van der Waals surface area contributed by atoms with E-state index in [1.165, 1.54) is 18.9 Å². The largest absolute Gasteiger partial charge is 0.444 e.